The van der Waals surface area contributed by atoms with Gasteiger partial charge in [-0.05, 0) is 12.1 Å². The highest BCUT2D eigenvalue weighted by molar-refractivity contribution is 5.89. The number of carbonyl (C=O) groups excluding carboxylic acids is 1. The Bertz CT molecular complexity index is 664. The Morgan fingerprint density at radius 1 is 1.47 bits per heavy atom. The Hall–Kier alpha value is -2.63. The summed E-state index contributed by atoms with van der Waals surface area (Å²) in [4.78, 5) is 26.5. The molecule has 0 amide bonds. The Kier molecular flexibility index (Phi) is 3.61. The third-order valence-corrected chi connectivity index (χ3v) is 2.65. The molecule has 0 aliphatic heterocycles. The number of carbonyl (C=O) groups is 1. The molecular formula is C13H12N2O4. The lowest BCUT2D eigenvalue weighted by atomic mass is 10.1. The smallest absolute Gasteiger partial charge is 0.337 e. The maximum atomic E-state index is 11.5. The number of benzene rings is 1. The molecule has 0 aliphatic carbocycles. The largest absolute Gasteiger partial charge is 0.508 e. The van der Waals surface area contributed by atoms with Crippen LogP contribution in [0.15, 0.2) is 41.6 Å². The lowest BCUT2D eigenvalue weighted by Gasteiger charge is -2.08. The zero-order valence-corrected chi connectivity index (χ0v) is 10.2. The molecule has 0 spiro atoms. The molecule has 0 fully saturated rings. The fourth-order valence-electron chi connectivity index (χ4n) is 1.63. The lowest BCUT2D eigenvalue weighted by Crippen LogP contribution is -2.19. The highest BCUT2D eigenvalue weighted by atomic mass is 16.5. The average molecular weight is 260 g/mol. The number of hydrogen-bond donors (Lipinski definition) is 1. The molecule has 0 aliphatic rings. The van der Waals surface area contributed by atoms with Gasteiger partial charge in [-0.25, -0.2) is 4.79 Å². The van der Waals surface area contributed by atoms with Gasteiger partial charge in [0.25, 0.3) is 5.56 Å². The summed E-state index contributed by atoms with van der Waals surface area (Å²) in [5.41, 5.74) is 0.519. The predicted molar refractivity (Wildman–Crippen MR) is 67.0 cm³/mol. The Morgan fingerprint density at radius 3 is 2.89 bits per heavy atom. The quantitative estimate of drug-likeness (QED) is 0.825. The number of phenolic OH excluding ortho intramolecular Hbond substituents is 1. The highest BCUT2D eigenvalue weighted by Crippen LogP contribution is 2.19. The molecule has 0 bridgehead atoms. The minimum absolute atomic E-state index is 0.0633. The first-order valence-corrected chi connectivity index (χ1v) is 5.52. The maximum Gasteiger partial charge on any atom is 0.337 e. The topological polar surface area (TPSA) is 81.4 Å². The molecule has 0 radical (unpaired) electrons. The molecule has 98 valence electrons. The van der Waals surface area contributed by atoms with Crippen LogP contribution in [0, 0.1) is 0 Å². The number of aromatic nitrogens is 2. The van der Waals surface area contributed by atoms with Crippen molar-refractivity contribution < 1.29 is 14.6 Å². The molecule has 0 unspecified atom stereocenters. The van der Waals surface area contributed by atoms with Crippen LogP contribution in [0.4, 0.5) is 0 Å². The van der Waals surface area contributed by atoms with Crippen LogP contribution in [0.1, 0.15) is 15.9 Å². The van der Waals surface area contributed by atoms with Crippen LogP contribution < -0.4 is 5.56 Å². The molecule has 0 saturated heterocycles. The van der Waals surface area contributed by atoms with Crippen LogP contribution in [-0.2, 0) is 11.3 Å². The molecule has 1 aromatic carbocycles. The number of rotatable bonds is 3. The van der Waals surface area contributed by atoms with Crippen molar-refractivity contribution in [1.29, 1.82) is 0 Å². The number of methoxy groups -OCH3 is 1. The number of nitrogens with zero attached hydrogens (tertiary/aromatic N) is 2. The number of phenols is 1. The van der Waals surface area contributed by atoms with Crippen molar-refractivity contribution in [3.8, 4) is 5.75 Å². The van der Waals surface area contributed by atoms with Crippen LogP contribution in [0.5, 0.6) is 5.75 Å². The van der Waals surface area contributed by atoms with Gasteiger partial charge in [-0.15, -0.1) is 0 Å². The van der Waals surface area contributed by atoms with Gasteiger partial charge in [0.1, 0.15) is 5.75 Å². The van der Waals surface area contributed by atoms with Crippen LogP contribution >= 0.6 is 0 Å². The van der Waals surface area contributed by atoms with E-state index in [1.165, 1.54) is 42.4 Å². The minimum Gasteiger partial charge on any atom is -0.508 e. The van der Waals surface area contributed by atoms with Gasteiger partial charge in [0.15, 0.2) is 0 Å². The summed E-state index contributed by atoms with van der Waals surface area (Å²) in [5, 5.41) is 9.85. The normalized spacial score (nSPS) is 10.2. The average Bonchev–Trinajstić information content (AvgIpc) is 2.42. The van der Waals surface area contributed by atoms with Gasteiger partial charge in [-0.2, -0.15) is 0 Å². The van der Waals surface area contributed by atoms with Crippen molar-refractivity contribution in [2.24, 2.45) is 0 Å². The van der Waals surface area contributed by atoms with Crippen molar-refractivity contribution in [2.45, 2.75) is 6.54 Å². The Balaban J connectivity index is 2.30. The minimum atomic E-state index is -0.525. The first kappa shape index (κ1) is 12.8. The van der Waals surface area contributed by atoms with Gasteiger partial charge in [-0.1, -0.05) is 6.07 Å². The summed E-state index contributed by atoms with van der Waals surface area (Å²) >= 11 is 0. The molecule has 0 atom stereocenters. The van der Waals surface area contributed by atoms with E-state index in [1.54, 1.807) is 6.07 Å². The summed E-state index contributed by atoms with van der Waals surface area (Å²) in [6.45, 7) is 0.203. The first-order chi connectivity index (χ1) is 9.11. The van der Waals surface area contributed by atoms with Gasteiger partial charge < -0.3 is 14.4 Å². The molecule has 1 aromatic heterocycles. The third kappa shape index (κ3) is 2.79. The monoisotopic (exact) mass is 260 g/mol. The summed E-state index contributed by atoms with van der Waals surface area (Å²) in [5.74, 6) is -0.588. The fourth-order valence-corrected chi connectivity index (χ4v) is 1.63. The molecule has 0 saturated carbocycles. The third-order valence-electron chi connectivity index (χ3n) is 2.65. The standard InChI is InChI=1S/C13H12N2O4/c1-19-13(18)9-2-3-10(11(16)6-9)8-15-5-4-14-7-12(15)17/h2-7,16H,8H2,1H3. The van der Waals surface area contributed by atoms with E-state index in [0.717, 1.165) is 0 Å². The van der Waals surface area contributed by atoms with Gasteiger partial charge in [-0.3, -0.25) is 9.78 Å². The number of esters is 1. The van der Waals surface area contributed by atoms with E-state index in [4.69, 9.17) is 0 Å². The molecule has 2 aromatic rings. The zero-order chi connectivity index (χ0) is 13.8. The van der Waals surface area contributed by atoms with Crippen LogP contribution in [0.25, 0.3) is 0 Å². The SMILES string of the molecule is COC(=O)c1ccc(Cn2ccncc2=O)c(O)c1. The predicted octanol–water partition coefficient (Wildman–Crippen LogP) is 0.784. The van der Waals surface area contributed by atoms with Crippen LogP contribution in [0.2, 0.25) is 0 Å². The summed E-state index contributed by atoms with van der Waals surface area (Å²) in [7, 11) is 1.27. The second-order valence-electron chi connectivity index (χ2n) is 3.88. The van der Waals surface area contributed by atoms with Crippen LogP contribution in [0.3, 0.4) is 0 Å². The van der Waals surface area contributed by atoms with Crippen molar-refractivity contribution in [3.63, 3.8) is 0 Å². The second-order valence-corrected chi connectivity index (χ2v) is 3.88. The van der Waals surface area contributed by atoms with Crippen molar-refractivity contribution >= 4 is 5.97 Å². The first-order valence-electron chi connectivity index (χ1n) is 5.52. The number of aromatic hydroxyl groups is 1. The Labute approximate surface area is 108 Å². The summed E-state index contributed by atoms with van der Waals surface area (Å²) in [6, 6.07) is 4.43. The van der Waals surface area contributed by atoms with Crippen molar-refractivity contribution in [2.75, 3.05) is 7.11 Å². The van der Waals surface area contributed by atoms with E-state index < -0.39 is 5.97 Å². The molecule has 2 rings (SSSR count). The zero-order valence-electron chi connectivity index (χ0n) is 10.2. The van der Waals surface area contributed by atoms with Crippen LogP contribution in [-0.4, -0.2) is 27.7 Å². The lowest BCUT2D eigenvalue weighted by molar-refractivity contribution is 0.0600. The molecule has 6 nitrogen and oxygen atoms in total. The molecule has 19 heavy (non-hydrogen) atoms. The van der Waals surface area contributed by atoms with E-state index in [0.29, 0.717) is 5.56 Å². The van der Waals surface area contributed by atoms with E-state index in [2.05, 4.69) is 9.72 Å². The fraction of sp³-hybridized carbons (Fsp3) is 0.154. The van der Waals surface area contributed by atoms with E-state index in [9.17, 15) is 14.7 Å². The molecular weight excluding hydrogens is 248 g/mol. The number of ether oxygens (including phenoxy) is 1. The molecule has 6 heteroatoms. The maximum absolute atomic E-state index is 11.5. The van der Waals surface area contributed by atoms with Gasteiger partial charge in [0.2, 0.25) is 0 Å². The van der Waals surface area contributed by atoms with E-state index >= 15 is 0 Å². The van der Waals surface area contributed by atoms with E-state index in [1.807, 2.05) is 0 Å². The van der Waals surface area contributed by atoms with Crippen molar-refractivity contribution in [1.82, 2.24) is 9.55 Å². The van der Waals surface area contributed by atoms with E-state index in [-0.39, 0.29) is 23.4 Å². The molecule has 1 heterocycles. The number of hydrogen-bond acceptors (Lipinski definition) is 5. The van der Waals surface area contributed by atoms with Gasteiger partial charge >= 0.3 is 5.97 Å². The van der Waals surface area contributed by atoms with Gasteiger partial charge in [0.05, 0.1) is 25.4 Å². The highest BCUT2D eigenvalue weighted by Gasteiger charge is 2.09. The van der Waals surface area contributed by atoms with Crippen molar-refractivity contribution in [3.05, 3.63) is 58.3 Å². The molecule has 1 N–H and O–H groups in total. The second kappa shape index (κ2) is 5.34. The Morgan fingerprint density at radius 2 is 2.26 bits per heavy atom. The van der Waals surface area contributed by atoms with Gasteiger partial charge in [0, 0.05) is 18.0 Å². The summed E-state index contributed by atoms with van der Waals surface area (Å²) < 4.78 is 5.96. The summed E-state index contributed by atoms with van der Waals surface area (Å²) in [6.07, 6.45) is 4.21.